The Morgan fingerprint density at radius 3 is 2.88 bits per heavy atom. The molecule has 1 atom stereocenters. The lowest BCUT2D eigenvalue weighted by Crippen LogP contribution is -2.50. The number of fused-ring (bicyclic) bond motifs is 2. The topological polar surface area (TPSA) is 58.4 Å². The molecule has 0 unspecified atom stereocenters. The smallest absolute Gasteiger partial charge is 0.255 e. The van der Waals surface area contributed by atoms with Crippen LogP contribution in [0.25, 0.3) is 0 Å². The van der Waals surface area contributed by atoms with Gasteiger partial charge in [-0.15, -0.1) is 0 Å². The fraction of sp³-hybridized carbons (Fsp3) is 0.389. The number of aromatic nitrogens is 2. The lowest BCUT2D eigenvalue weighted by Gasteiger charge is -2.34. The Labute approximate surface area is 140 Å². The first-order valence-corrected chi connectivity index (χ1v) is 8.35. The van der Waals surface area contributed by atoms with Crippen LogP contribution in [0.2, 0.25) is 0 Å². The molecule has 3 heterocycles. The molecule has 0 saturated carbocycles. The molecule has 1 aromatic heterocycles. The minimum Gasteiger partial charge on any atom is -0.333 e. The van der Waals surface area contributed by atoms with Crippen LogP contribution in [-0.2, 0) is 24.4 Å². The number of imidazole rings is 1. The summed E-state index contributed by atoms with van der Waals surface area (Å²) in [7, 11) is 0. The normalized spacial score (nSPS) is 17.6. The van der Waals surface area contributed by atoms with Gasteiger partial charge in [-0.3, -0.25) is 9.59 Å². The zero-order valence-electron chi connectivity index (χ0n) is 13.7. The summed E-state index contributed by atoms with van der Waals surface area (Å²) in [5.74, 6) is -0.000965. The molecule has 1 aromatic carbocycles. The summed E-state index contributed by atoms with van der Waals surface area (Å²) in [4.78, 5) is 33.4. The summed E-state index contributed by atoms with van der Waals surface area (Å²) >= 11 is 0. The second kappa shape index (κ2) is 5.78. The van der Waals surface area contributed by atoms with Crippen LogP contribution in [0.3, 0.4) is 0 Å². The molecular weight excluding hydrogens is 304 g/mol. The van der Waals surface area contributed by atoms with Crippen LogP contribution >= 0.6 is 0 Å². The molecule has 24 heavy (non-hydrogen) atoms. The van der Waals surface area contributed by atoms with Crippen molar-refractivity contribution < 1.29 is 9.59 Å². The number of nitrogens with zero attached hydrogens (tertiary/aromatic N) is 4. The molecule has 2 aliphatic rings. The number of carbonyl (C=O) groups excluding carboxylic acids is 2. The van der Waals surface area contributed by atoms with Crippen molar-refractivity contribution in [2.24, 2.45) is 0 Å². The molecule has 2 aliphatic heterocycles. The van der Waals surface area contributed by atoms with Crippen LogP contribution in [-0.4, -0.2) is 43.8 Å². The first kappa shape index (κ1) is 14.9. The molecule has 124 valence electrons. The second-order valence-corrected chi connectivity index (χ2v) is 6.35. The van der Waals surface area contributed by atoms with E-state index in [1.54, 1.807) is 17.4 Å². The van der Waals surface area contributed by atoms with Gasteiger partial charge in [0.1, 0.15) is 6.04 Å². The predicted molar refractivity (Wildman–Crippen MR) is 88.0 cm³/mol. The predicted octanol–water partition coefficient (Wildman–Crippen LogP) is 1.66. The molecule has 0 bridgehead atoms. The Morgan fingerprint density at radius 2 is 2.08 bits per heavy atom. The fourth-order valence-corrected chi connectivity index (χ4v) is 3.64. The highest BCUT2D eigenvalue weighted by atomic mass is 16.2. The molecule has 0 fully saturated rings. The van der Waals surface area contributed by atoms with Crippen LogP contribution in [0.5, 0.6) is 0 Å². The summed E-state index contributed by atoms with van der Waals surface area (Å²) in [6.07, 6.45) is 4.22. The maximum atomic E-state index is 13.0. The van der Waals surface area contributed by atoms with Crippen molar-refractivity contribution in [2.75, 3.05) is 6.54 Å². The van der Waals surface area contributed by atoms with Gasteiger partial charge in [-0.1, -0.05) is 25.1 Å². The molecule has 0 spiro atoms. The molecule has 4 rings (SSSR count). The maximum absolute atomic E-state index is 13.0. The van der Waals surface area contributed by atoms with Gasteiger partial charge in [0, 0.05) is 31.4 Å². The van der Waals surface area contributed by atoms with E-state index in [1.165, 1.54) is 0 Å². The fourth-order valence-electron chi connectivity index (χ4n) is 3.64. The van der Waals surface area contributed by atoms with Crippen LogP contribution in [0, 0.1) is 0 Å². The molecule has 2 amide bonds. The number of amides is 2. The second-order valence-electron chi connectivity index (χ2n) is 6.35. The van der Waals surface area contributed by atoms with E-state index >= 15 is 0 Å². The Hall–Kier alpha value is -2.63. The lowest BCUT2D eigenvalue weighted by atomic mass is 10.1. The van der Waals surface area contributed by atoms with Crippen molar-refractivity contribution in [1.82, 2.24) is 19.4 Å². The largest absolute Gasteiger partial charge is 0.333 e. The number of benzene rings is 1. The summed E-state index contributed by atoms with van der Waals surface area (Å²) < 4.78 is 2.07. The Morgan fingerprint density at radius 1 is 1.25 bits per heavy atom. The van der Waals surface area contributed by atoms with E-state index in [-0.39, 0.29) is 11.8 Å². The Balaban J connectivity index is 1.54. The van der Waals surface area contributed by atoms with E-state index in [2.05, 4.69) is 9.55 Å². The van der Waals surface area contributed by atoms with E-state index in [0.717, 1.165) is 23.4 Å². The summed E-state index contributed by atoms with van der Waals surface area (Å²) in [6.45, 7) is 4.46. The van der Waals surface area contributed by atoms with Gasteiger partial charge < -0.3 is 14.4 Å². The van der Waals surface area contributed by atoms with Crippen molar-refractivity contribution in [2.45, 2.75) is 39.0 Å². The lowest BCUT2D eigenvalue weighted by molar-refractivity contribution is -0.137. The van der Waals surface area contributed by atoms with E-state index < -0.39 is 6.04 Å². The van der Waals surface area contributed by atoms with Gasteiger partial charge in [0.15, 0.2) is 0 Å². The minimum absolute atomic E-state index is 0.0334. The number of hydrogen-bond acceptors (Lipinski definition) is 3. The van der Waals surface area contributed by atoms with Crippen molar-refractivity contribution in [1.29, 1.82) is 0 Å². The van der Waals surface area contributed by atoms with Crippen LogP contribution in [0.15, 0.2) is 36.8 Å². The molecular formula is C18H20N4O2. The first-order valence-electron chi connectivity index (χ1n) is 8.35. The average Bonchev–Trinajstić information content (AvgIpc) is 3.20. The van der Waals surface area contributed by atoms with Crippen LogP contribution < -0.4 is 0 Å². The highest BCUT2D eigenvalue weighted by molar-refractivity contribution is 6.01. The molecule has 6 nitrogen and oxygen atoms in total. The number of rotatable bonds is 3. The minimum atomic E-state index is -0.403. The van der Waals surface area contributed by atoms with E-state index in [9.17, 15) is 9.59 Å². The van der Waals surface area contributed by atoms with Crippen LogP contribution in [0.1, 0.15) is 35.0 Å². The summed E-state index contributed by atoms with van der Waals surface area (Å²) in [5, 5.41) is 0. The van der Waals surface area contributed by atoms with Crippen molar-refractivity contribution in [3.05, 3.63) is 53.6 Å². The monoisotopic (exact) mass is 324 g/mol. The molecule has 6 heteroatoms. The molecule has 0 N–H and O–H groups in total. The SMILES string of the molecule is CC[C@H](C(=O)N1CCn2cncc2C1)N1Cc2ccccc2C1=O. The van der Waals surface area contributed by atoms with E-state index in [0.29, 0.717) is 26.1 Å². The number of hydrogen-bond donors (Lipinski definition) is 0. The Bertz CT molecular complexity index is 798. The van der Waals surface area contributed by atoms with Gasteiger partial charge in [0.25, 0.3) is 5.91 Å². The van der Waals surface area contributed by atoms with Crippen molar-refractivity contribution in [3.8, 4) is 0 Å². The summed E-state index contributed by atoms with van der Waals surface area (Å²) in [6, 6.07) is 7.20. The molecule has 0 radical (unpaired) electrons. The highest BCUT2D eigenvalue weighted by Crippen LogP contribution is 2.26. The van der Waals surface area contributed by atoms with Gasteiger partial charge in [0.05, 0.1) is 18.6 Å². The Kier molecular flexibility index (Phi) is 3.59. The third-order valence-corrected chi connectivity index (χ3v) is 4.97. The van der Waals surface area contributed by atoms with E-state index in [4.69, 9.17) is 0 Å². The average molecular weight is 324 g/mol. The zero-order valence-corrected chi connectivity index (χ0v) is 13.7. The number of carbonyl (C=O) groups is 2. The quantitative estimate of drug-likeness (QED) is 0.863. The molecule has 0 saturated heterocycles. The zero-order chi connectivity index (χ0) is 16.7. The highest BCUT2D eigenvalue weighted by Gasteiger charge is 2.37. The van der Waals surface area contributed by atoms with Gasteiger partial charge in [-0.2, -0.15) is 0 Å². The standard InChI is InChI=1S/C18H20N4O2/c1-2-16(22-10-13-5-3-4-6-15(13)17(22)23)18(24)20-7-8-21-12-19-9-14(21)11-20/h3-6,9,12,16H,2,7-8,10-11H2,1H3/t16-/m1/s1. The van der Waals surface area contributed by atoms with Gasteiger partial charge in [-0.25, -0.2) is 4.98 Å². The third kappa shape index (κ3) is 2.29. The molecule has 0 aliphatic carbocycles. The van der Waals surface area contributed by atoms with Gasteiger partial charge in [-0.05, 0) is 18.1 Å². The van der Waals surface area contributed by atoms with Crippen LogP contribution in [0.4, 0.5) is 0 Å². The molecule has 2 aromatic rings. The van der Waals surface area contributed by atoms with Crippen molar-refractivity contribution in [3.63, 3.8) is 0 Å². The first-order chi connectivity index (χ1) is 11.7. The van der Waals surface area contributed by atoms with Crippen molar-refractivity contribution >= 4 is 11.8 Å². The maximum Gasteiger partial charge on any atom is 0.255 e. The van der Waals surface area contributed by atoms with Gasteiger partial charge in [0.2, 0.25) is 5.91 Å². The van der Waals surface area contributed by atoms with E-state index in [1.807, 2.05) is 36.1 Å². The summed E-state index contributed by atoms with van der Waals surface area (Å²) in [5.41, 5.74) is 2.77. The van der Waals surface area contributed by atoms with Gasteiger partial charge >= 0.3 is 0 Å². The third-order valence-electron chi connectivity index (χ3n) is 4.97.